The number of rotatable bonds is 5. The second kappa shape index (κ2) is 9.65. The molecule has 0 radical (unpaired) electrons. The van der Waals surface area contributed by atoms with Crippen LogP contribution in [0.3, 0.4) is 0 Å². The Morgan fingerprint density at radius 3 is 2.61 bits per heavy atom. The number of nitrogens with zero attached hydrogens (tertiary/aromatic N) is 1. The standard InChI is InChI=1S/C26H32N2O3/c1-20-6-5-9-23(16-20)25(30)28-13-11-26(12-14-28)18-22(10-15-31-26)17-24(29)27-19-21-7-3-2-4-8-21/h2-9,16,22H,10-15,17-19H2,1H3,(H,27,29). The van der Waals surface area contributed by atoms with Crippen LogP contribution in [0.1, 0.15) is 53.6 Å². The van der Waals surface area contributed by atoms with Crippen molar-refractivity contribution < 1.29 is 14.3 Å². The smallest absolute Gasteiger partial charge is 0.253 e. The highest BCUT2D eigenvalue weighted by atomic mass is 16.5. The topological polar surface area (TPSA) is 58.6 Å². The molecule has 2 amide bonds. The average Bonchev–Trinajstić information content (AvgIpc) is 2.79. The van der Waals surface area contributed by atoms with Crippen molar-refractivity contribution in [1.82, 2.24) is 10.2 Å². The van der Waals surface area contributed by atoms with Gasteiger partial charge in [-0.25, -0.2) is 0 Å². The molecule has 2 aromatic rings. The fourth-order valence-corrected chi connectivity index (χ4v) is 4.86. The minimum atomic E-state index is -0.188. The zero-order chi connectivity index (χ0) is 21.7. The van der Waals surface area contributed by atoms with Crippen molar-refractivity contribution in [3.8, 4) is 0 Å². The van der Waals surface area contributed by atoms with Crippen LogP contribution < -0.4 is 5.32 Å². The molecule has 31 heavy (non-hydrogen) atoms. The molecule has 164 valence electrons. The largest absolute Gasteiger partial charge is 0.375 e. The number of ether oxygens (including phenoxy) is 1. The van der Waals surface area contributed by atoms with Crippen LogP contribution in [0.4, 0.5) is 0 Å². The molecule has 4 rings (SSSR count). The molecule has 1 unspecified atom stereocenters. The van der Waals surface area contributed by atoms with Gasteiger partial charge in [-0.1, -0.05) is 48.0 Å². The molecule has 1 spiro atoms. The van der Waals surface area contributed by atoms with Crippen LogP contribution in [0.15, 0.2) is 54.6 Å². The minimum absolute atomic E-state index is 0.103. The number of likely N-dealkylation sites (tertiary alicyclic amines) is 1. The van der Waals surface area contributed by atoms with E-state index < -0.39 is 0 Å². The second-order valence-corrected chi connectivity index (χ2v) is 9.02. The lowest BCUT2D eigenvalue weighted by Gasteiger charge is -2.46. The number of carbonyl (C=O) groups is 2. The van der Waals surface area contributed by atoms with Gasteiger partial charge < -0.3 is 15.0 Å². The van der Waals surface area contributed by atoms with Gasteiger partial charge >= 0.3 is 0 Å². The van der Waals surface area contributed by atoms with Crippen molar-refractivity contribution in [2.24, 2.45) is 5.92 Å². The Balaban J connectivity index is 1.27. The summed E-state index contributed by atoms with van der Waals surface area (Å²) in [6.07, 6.45) is 4.05. The summed E-state index contributed by atoms with van der Waals surface area (Å²) < 4.78 is 6.23. The maximum absolute atomic E-state index is 12.9. The molecule has 5 nitrogen and oxygen atoms in total. The molecule has 1 N–H and O–H groups in total. The Hall–Kier alpha value is -2.66. The van der Waals surface area contributed by atoms with Crippen LogP contribution in [0.25, 0.3) is 0 Å². The molecule has 0 aliphatic carbocycles. The summed E-state index contributed by atoms with van der Waals surface area (Å²) in [6.45, 7) is 4.69. The fraction of sp³-hybridized carbons (Fsp3) is 0.462. The van der Waals surface area contributed by atoms with Gasteiger partial charge in [-0.3, -0.25) is 9.59 Å². The first-order valence-corrected chi connectivity index (χ1v) is 11.3. The zero-order valence-electron chi connectivity index (χ0n) is 18.3. The molecule has 2 aliphatic rings. The summed E-state index contributed by atoms with van der Waals surface area (Å²) in [5, 5.41) is 3.05. The summed E-state index contributed by atoms with van der Waals surface area (Å²) in [5.41, 5.74) is 2.79. The number of hydrogen-bond donors (Lipinski definition) is 1. The zero-order valence-corrected chi connectivity index (χ0v) is 18.3. The van der Waals surface area contributed by atoms with Gasteiger partial charge in [0, 0.05) is 38.2 Å². The molecular formula is C26H32N2O3. The van der Waals surface area contributed by atoms with Gasteiger partial charge in [0.15, 0.2) is 0 Å². The van der Waals surface area contributed by atoms with E-state index >= 15 is 0 Å². The highest BCUT2D eigenvalue weighted by molar-refractivity contribution is 5.94. The van der Waals surface area contributed by atoms with Crippen molar-refractivity contribution in [1.29, 1.82) is 0 Å². The molecule has 1 atom stereocenters. The third-order valence-electron chi connectivity index (χ3n) is 6.63. The van der Waals surface area contributed by atoms with Gasteiger partial charge in [-0.05, 0) is 56.2 Å². The third-order valence-corrected chi connectivity index (χ3v) is 6.63. The summed E-state index contributed by atoms with van der Waals surface area (Å²) in [5.74, 6) is 0.549. The molecule has 0 saturated carbocycles. The number of aryl methyl sites for hydroxylation is 1. The molecule has 0 bridgehead atoms. The molecule has 0 aromatic heterocycles. The van der Waals surface area contributed by atoms with E-state index in [9.17, 15) is 9.59 Å². The van der Waals surface area contributed by atoms with Crippen LogP contribution in [0.2, 0.25) is 0 Å². The van der Waals surface area contributed by atoms with E-state index in [0.717, 1.165) is 42.4 Å². The van der Waals surface area contributed by atoms with Crippen molar-refractivity contribution in [3.63, 3.8) is 0 Å². The molecular weight excluding hydrogens is 388 g/mol. The van der Waals surface area contributed by atoms with E-state index in [0.29, 0.717) is 38.6 Å². The van der Waals surface area contributed by atoms with Crippen LogP contribution in [0, 0.1) is 12.8 Å². The maximum Gasteiger partial charge on any atom is 0.253 e. The summed E-state index contributed by atoms with van der Waals surface area (Å²) in [7, 11) is 0. The van der Waals surface area contributed by atoms with Gasteiger partial charge in [-0.2, -0.15) is 0 Å². The van der Waals surface area contributed by atoms with Crippen molar-refractivity contribution in [2.75, 3.05) is 19.7 Å². The highest BCUT2D eigenvalue weighted by Gasteiger charge is 2.41. The van der Waals surface area contributed by atoms with E-state index in [1.807, 2.05) is 66.4 Å². The Labute approximate surface area is 184 Å². The monoisotopic (exact) mass is 420 g/mol. The molecule has 2 heterocycles. The van der Waals surface area contributed by atoms with Gasteiger partial charge in [-0.15, -0.1) is 0 Å². The SMILES string of the molecule is Cc1cccc(C(=O)N2CCC3(CC2)CC(CC(=O)NCc2ccccc2)CCO3)c1. The van der Waals surface area contributed by atoms with Crippen LogP contribution in [0.5, 0.6) is 0 Å². The lowest BCUT2D eigenvalue weighted by molar-refractivity contribution is -0.134. The highest BCUT2D eigenvalue weighted by Crippen LogP contribution is 2.39. The number of benzene rings is 2. The van der Waals surface area contributed by atoms with Gasteiger partial charge in [0.25, 0.3) is 5.91 Å². The van der Waals surface area contributed by atoms with Crippen LogP contribution >= 0.6 is 0 Å². The average molecular weight is 421 g/mol. The van der Waals surface area contributed by atoms with Gasteiger partial charge in [0.2, 0.25) is 5.91 Å². The maximum atomic E-state index is 12.9. The van der Waals surface area contributed by atoms with Crippen molar-refractivity contribution in [3.05, 3.63) is 71.3 Å². The summed E-state index contributed by atoms with van der Waals surface area (Å²) in [6, 6.07) is 17.8. The first-order valence-electron chi connectivity index (χ1n) is 11.3. The normalized spacial score (nSPS) is 20.4. The number of carbonyl (C=O) groups excluding carboxylic acids is 2. The predicted octanol–water partition coefficient (Wildman–Crippen LogP) is 4.10. The summed E-state index contributed by atoms with van der Waals surface area (Å²) >= 11 is 0. The molecule has 2 saturated heterocycles. The van der Waals surface area contributed by atoms with Gasteiger partial charge in [0.05, 0.1) is 5.60 Å². The van der Waals surface area contributed by atoms with Crippen LogP contribution in [-0.4, -0.2) is 42.0 Å². The Bertz CT molecular complexity index is 904. The predicted molar refractivity (Wildman–Crippen MR) is 121 cm³/mol. The van der Waals surface area contributed by atoms with Crippen LogP contribution in [-0.2, 0) is 16.1 Å². The van der Waals surface area contributed by atoms with E-state index in [1.165, 1.54) is 0 Å². The van der Waals surface area contributed by atoms with E-state index in [1.54, 1.807) is 0 Å². The molecule has 2 aromatic carbocycles. The third kappa shape index (κ3) is 5.53. The number of nitrogens with one attached hydrogen (secondary N) is 1. The van der Waals surface area contributed by atoms with E-state index in [4.69, 9.17) is 4.74 Å². The van der Waals surface area contributed by atoms with E-state index in [2.05, 4.69) is 5.32 Å². The fourth-order valence-electron chi connectivity index (χ4n) is 4.86. The van der Waals surface area contributed by atoms with Crippen molar-refractivity contribution in [2.45, 2.75) is 51.2 Å². The van der Waals surface area contributed by atoms with Crippen molar-refractivity contribution >= 4 is 11.8 Å². The van der Waals surface area contributed by atoms with E-state index in [-0.39, 0.29) is 17.4 Å². The Morgan fingerprint density at radius 1 is 1.10 bits per heavy atom. The summed E-state index contributed by atoms with van der Waals surface area (Å²) in [4.78, 5) is 27.3. The molecule has 2 fully saturated rings. The lowest BCUT2D eigenvalue weighted by Crippen LogP contribution is -2.51. The quantitative estimate of drug-likeness (QED) is 0.792. The van der Waals surface area contributed by atoms with Gasteiger partial charge in [0.1, 0.15) is 0 Å². The lowest BCUT2D eigenvalue weighted by atomic mass is 9.78. The number of hydrogen-bond acceptors (Lipinski definition) is 3. The second-order valence-electron chi connectivity index (χ2n) is 9.02. The number of amides is 2. The Morgan fingerprint density at radius 2 is 1.87 bits per heavy atom. The minimum Gasteiger partial charge on any atom is -0.375 e. The number of piperidine rings is 1. The molecule has 2 aliphatic heterocycles. The first kappa shape index (κ1) is 21.6. The Kier molecular flexibility index (Phi) is 6.71. The molecule has 5 heteroatoms. The first-order chi connectivity index (χ1) is 15.0.